The molecule has 0 atom stereocenters. The topological polar surface area (TPSA) is 76.2 Å². The van der Waals surface area contributed by atoms with Crippen LogP contribution in [0.4, 0.5) is 0 Å². The molecule has 0 bridgehead atoms. The van der Waals surface area contributed by atoms with Crippen LogP contribution in [0.15, 0.2) is 18.2 Å². The normalized spacial score (nSPS) is 18.0. The van der Waals surface area contributed by atoms with Crippen molar-refractivity contribution in [2.24, 2.45) is 0 Å². The first-order chi connectivity index (χ1) is 11.8. The van der Waals surface area contributed by atoms with E-state index in [0.29, 0.717) is 38.8 Å². The lowest BCUT2D eigenvalue weighted by molar-refractivity contribution is -0.132. The Morgan fingerprint density at radius 2 is 1.92 bits per heavy atom. The summed E-state index contributed by atoms with van der Waals surface area (Å²) in [4.78, 5) is 14.2. The van der Waals surface area contributed by atoms with E-state index in [0.717, 1.165) is 17.1 Å². The van der Waals surface area contributed by atoms with Gasteiger partial charge < -0.3 is 14.4 Å². The molecule has 3 rings (SSSR count). The third kappa shape index (κ3) is 4.24. The average Bonchev–Trinajstić information content (AvgIpc) is 3.06. The lowest BCUT2D eigenvalue weighted by Crippen LogP contribution is -2.47. The summed E-state index contributed by atoms with van der Waals surface area (Å²) in [5, 5.41) is 0. The molecule has 1 fully saturated rings. The second-order valence-electron chi connectivity index (χ2n) is 6.58. The van der Waals surface area contributed by atoms with Gasteiger partial charge in [0.25, 0.3) is 0 Å². The molecule has 138 valence electrons. The smallest absolute Gasteiger partial charge is 0.231 e. The fourth-order valence-electron chi connectivity index (χ4n) is 3.26. The van der Waals surface area contributed by atoms with E-state index in [1.807, 2.05) is 23.1 Å². The van der Waals surface area contributed by atoms with Gasteiger partial charge in [-0.05, 0) is 37.0 Å². The SMILES string of the molecule is CN(C1CCN(C(=O)CCc2ccc3c(c2)OCO3)CC1)S(C)(=O)=O. The maximum absolute atomic E-state index is 12.4. The van der Waals surface area contributed by atoms with E-state index in [1.165, 1.54) is 10.6 Å². The number of nitrogens with zero attached hydrogens (tertiary/aromatic N) is 2. The molecule has 2 aliphatic rings. The number of rotatable bonds is 5. The van der Waals surface area contributed by atoms with Gasteiger partial charge in [-0.1, -0.05) is 6.07 Å². The molecule has 0 radical (unpaired) electrons. The zero-order chi connectivity index (χ0) is 18.0. The van der Waals surface area contributed by atoms with Crippen LogP contribution in [0.5, 0.6) is 11.5 Å². The highest BCUT2D eigenvalue weighted by Gasteiger charge is 2.28. The van der Waals surface area contributed by atoms with Crippen LogP contribution in [0.25, 0.3) is 0 Å². The Labute approximate surface area is 148 Å². The lowest BCUT2D eigenvalue weighted by atomic mass is 10.0. The summed E-state index contributed by atoms with van der Waals surface area (Å²) in [5.41, 5.74) is 1.05. The Hall–Kier alpha value is -1.80. The zero-order valence-corrected chi connectivity index (χ0v) is 15.4. The number of sulfonamides is 1. The van der Waals surface area contributed by atoms with Crippen molar-refractivity contribution in [2.75, 3.05) is 33.2 Å². The Kier molecular flexibility index (Phi) is 5.19. The Balaban J connectivity index is 1.48. The zero-order valence-electron chi connectivity index (χ0n) is 14.6. The molecule has 8 heteroatoms. The van der Waals surface area contributed by atoms with Crippen LogP contribution in [-0.4, -0.2) is 62.8 Å². The first-order valence-corrected chi connectivity index (χ1v) is 10.3. The highest BCUT2D eigenvalue weighted by Crippen LogP contribution is 2.32. The molecular weight excluding hydrogens is 344 g/mol. The summed E-state index contributed by atoms with van der Waals surface area (Å²) < 4.78 is 35.3. The molecule has 1 aromatic rings. The highest BCUT2D eigenvalue weighted by molar-refractivity contribution is 7.88. The molecule has 2 heterocycles. The van der Waals surface area contributed by atoms with Crippen molar-refractivity contribution in [3.8, 4) is 11.5 Å². The first kappa shape index (κ1) is 18.0. The number of likely N-dealkylation sites (tertiary alicyclic amines) is 1. The maximum atomic E-state index is 12.4. The predicted molar refractivity (Wildman–Crippen MR) is 93.1 cm³/mol. The Morgan fingerprint density at radius 1 is 1.24 bits per heavy atom. The van der Waals surface area contributed by atoms with Crippen LogP contribution in [0.2, 0.25) is 0 Å². The van der Waals surface area contributed by atoms with Crippen LogP contribution < -0.4 is 9.47 Å². The molecule has 0 aliphatic carbocycles. The molecule has 0 unspecified atom stereocenters. The molecule has 0 spiro atoms. The van der Waals surface area contributed by atoms with Crippen LogP contribution in [0.1, 0.15) is 24.8 Å². The van der Waals surface area contributed by atoms with E-state index in [9.17, 15) is 13.2 Å². The van der Waals surface area contributed by atoms with Gasteiger partial charge in [0.1, 0.15) is 0 Å². The quantitative estimate of drug-likeness (QED) is 0.781. The molecule has 2 aliphatic heterocycles. The number of piperidine rings is 1. The van der Waals surface area contributed by atoms with Gasteiger partial charge in [0.15, 0.2) is 11.5 Å². The van der Waals surface area contributed by atoms with E-state index in [-0.39, 0.29) is 18.7 Å². The van der Waals surface area contributed by atoms with Gasteiger partial charge in [0.2, 0.25) is 22.7 Å². The van der Waals surface area contributed by atoms with E-state index in [1.54, 1.807) is 7.05 Å². The van der Waals surface area contributed by atoms with Gasteiger partial charge in [-0.15, -0.1) is 0 Å². The summed E-state index contributed by atoms with van der Waals surface area (Å²) in [7, 11) is -1.58. The van der Waals surface area contributed by atoms with Gasteiger partial charge in [0, 0.05) is 32.6 Å². The molecular formula is C17H24N2O5S. The van der Waals surface area contributed by atoms with E-state index < -0.39 is 10.0 Å². The number of carbonyl (C=O) groups excluding carboxylic acids is 1. The van der Waals surface area contributed by atoms with Gasteiger partial charge >= 0.3 is 0 Å². The number of hydrogen-bond donors (Lipinski definition) is 0. The van der Waals surface area contributed by atoms with Crippen molar-refractivity contribution in [3.63, 3.8) is 0 Å². The second-order valence-corrected chi connectivity index (χ2v) is 8.62. The van der Waals surface area contributed by atoms with Crippen LogP contribution in [0, 0.1) is 0 Å². The largest absolute Gasteiger partial charge is 0.454 e. The lowest BCUT2D eigenvalue weighted by Gasteiger charge is -2.35. The Morgan fingerprint density at radius 3 is 2.60 bits per heavy atom. The molecule has 1 amide bonds. The molecule has 1 aromatic carbocycles. The predicted octanol–water partition coefficient (Wildman–Crippen LogP) is 1.23. The number of aryl methyl sites for hydroxylation is 1. The number of fused-ring (bicyclic) bond motifs is 1. The Bertz CT molecular complexity index is 741. The molecule has 0 N–H and O–H groups in total. The van der Waals surface area contributed by atoms with Crippen LogP contribution in [-0.2, 0) is 21.2 Å². The summed E-state index contributed by atoms with van der Waals surface area (Å²) >= 11 is 0. The third-order valence-electron chi connectivity index (χ3n) is 4.92. The number of hydrogen-bond acceptors (Lipinski definition) is 5. The minimum absolute atomic E-state index is 0.0205. The molecule has 7 nitrogen and oxygen atoms in total. The fourth-order valence-corrected chi connectivity index (χ4v) is 4.01. The minimum atomic E-state index is -3.18. The van der Waals surface area contributed by atoms with Crippen LogP contribution >= 0.6 is 0 Å². The minimum Gasteiger partial charge on any atom is -0.454 e. The summed E-state index contributed by atoms with van der Waals surface area (Å²) in [6.07, 6.45) is 3.67. The first-order valence-electron chi connectivity index (χ1n) is 8.44. The van der Waals surface area contributed by atoms with E-state index in [2.05, 4.69) is 0 Å². The van der Waals surface area contributed by atoms with Crippen molar-refractivity contribution in [2.45, 2.75) is 31.7 Å². The number of amides is 1. The van der Waals surface area contributed by atoms with Crippen LogP contribution in [0.3, 0.4) is 0 Å². The van der Waals surface area contributed by atoms with Crippen molar-refractivity contribution < 1.29 is 22.7 Å². The monoisotopic (exact) mass is 368 g/mol. The standard InChI is InChI=1S/C17H24N2O5S/c1-18(25(2,21)22)14-7-9-19(10-8-14)17(20)6-4-13-3-5-15-16(11-13)24-12-23-15/h3,5,11,14H,4,6-10,12H2,1-2H3. The maximum Gasteiger partial charge on any atom is 0.231 e. The van der Waals surface area contributed by atoms with Gasteiger partial charge in [-0.2, -0.15) is 0 Å². The summed E-state index contributed by atoms with van der Waals surface area (Å²) in [6, 6.07) is 5.72. The van der Waals surface area contributed by atoms with Gasteiger partial charge in [-0.3, -0.25) is 4.79 Å². The van der Waals surface area contributed by atoms with Gasteiger partial charge in [-0.25, -0.2) is 12.7 Å². The summed E-state index contributed by atoms with van der Waals surface area (Å²) in [5.74, 6) is 1.58. The molecule has 0 aromatic heterocycles. The van der Waals surface area contributed by atoms with Crippen molar-refractivity contribution in [1.29, 1.82) is 0 Å². The number of ether oxygens (including phenoxy) is 2. The van der Waals surface area contributed by atoms with E-state index >= 15 is 0 Å². The van der Waals surface area contributed by atoms with Gasteiger partial charge in [0.05, 0.1) is 6.26 Å². The number of carbonyl (C=O) groups is 1. The second kappa shape index (κ2) is 7.21. The summed E-state index contributed by atoms with van der Waals surface area (Å²) in [6.45, 7) is 1.45. The fraction of sp³-hybridized carbons (Fsp3) is 0.588. The number of benzene rings is 1. The van der Waals surface area contributed by atoms with E-state index in [4.69, 9.17) is 9.47 Å². The van der Waals surface area contributed by atoms with Crippen molar-refractivity contribution in [1.82, 2.24) is 9.21 Å². The third-order valence-corrected chi connectivity index (χ3v) is 6.26. The van der Waals surface area contributed by atoms with Crippen molar-refractivity contribution >= 4 is 15.9 Å². The molecule has 0 saturated carbocycles. The molecule has 1 saturated heterocycles. The van der Waals surface area contributed by atoms with Crippen molar-refractivity contribution in [3.05, 3.63) is 23.8 Å². The average molecular weight is 368 g/mol. The highest BCUT2D eigenvalue weighted by atomic mass is 32.2. The molecule has 25 heavy (non-hydrogen) atoms.